The number of imidazole rings is 1. The van der Waals surface area contributed by atoms with Crippen LogP contribution in [0.2, 0.25) is 0 Å². The van der Waals surface area contributed by atoms with Gasteiger partial charge < -0.3 is 5.32 Å². The largest absolute Gasteiger partial charge is 0.329 e. The van der Waals surface area contributed by atoms with E-state index in [1.807, 2.05) is 42.7 Å². The molecule has 3 heterocycles. The molecule has 1 amide bonds. The number of allylic oxidation sites excluding steroid dienone is 1. The molecule has 0 unspecified atom stereocenters. The van der Waals surface area contributed by atoms with Gasteiger partial charge in [0.2, 0.25) is 5.91 Å². The summed E-state index contributed by atoms with van der Waals surface area (Å²) in [5.74, 6) is 0.320. The minimum absolute atomic E-state index is 0.0980. The van der Waals surface area contributed by atoms with Gasteiger partial charge in [-0.3, -0.25) is 23.6 Å². The van der Waals surface area contributed by atoms with Crippen LogP contribution in [0.1, 0.15) is 19.0 Å². The molecule has 0 spiro atoms. The van der Waals surface area contributed by atoms with Gasteiger partial charge in [0.15, 0.2) is 15.7 Å². The maximum Gasteiger partial charge on any atom is 0.329 e. The Morgan fingerprint density at radius 1 is 1.28 bits per heavy atom. The number of thiazole rings is 1. The molecule has 0 aliphatic heterocycles. The maximum atomic E-state index is 12.9. The molecule has 0 atom stereocenters. The van der Waals surface area contributed by atoms with E-state index in [-0.39, 0.29) is 18.1 Å². The number of carbonyl (C=O) groups is 1. The number of nitrogens with zero attached hydrogens (tertiary/aromatic N) is 5. The Bertz CT molecular complexity index is 1420. The summed E-state index contributed by atoms with van der Waals surface area (Å²) in [7, 11) is 0. The van der Waals surface area contributed by atoms with Crippen molar-refractivity contribution in [3.63, 3.8) is 0 Å². The van der Waals surface area contributed by atoms with Gasteiger partial charge in [0.25, 0.3) is 0 Å². The van der Waals surface area contributed by atoms with Crippen molar-refractivity contribution in [3.8, 4) is 10.7 Å². The number of nitrogens with one attached hydrogen (secondary N) is 2. The Kier molecular flexibility index (Phi) is 6.19. The zero-order valence-electron chi connectivity index (χ0n) is 17.8. The Morgan fingerprint density at radius 3 is 2.69 bits per heavy atom. The van der Waals surface area contributed by atoms with Crippen LogP contribution in [0.3, 0.4) is 0 Å². The van der Waals surface area contributed by atoms with Gasteiger partial charge in [-0.05, 0) is 37.7 Å². The fraction of sp³-hybridized carbons (Fsp3) is 0.286. The predicted molar refractivity (Wildman–Crippen MR) is 129 cm³/mol. The van der Waals surface area contributed by atoms with Gasteiger partial charge in [0, 0.05) is 13.1 Å². The highest BCUT2D eigenvalue weighted by Crippen LogP contribution is 2.31. The first-order valence-electron chi connectivity index (χ1n) is 10.2. The van der Waals surface area contributed by atoms with Crippen molar-refractivity contribution in [3.05, 3.63) is 57.9 Å². The topological polar surface area (TPSA) is 103 Å². The molecule has 0 saturated carbocycles. The number of anilines is 1. The number of rotatable bonds is 8. The molecule has 4 rings (SSSR count). The van der Waals surface area contributed by atoms with Gasteiger partial charge in [-0.15, -0.1) is 6.58 Å². The number of aromatic nitrogens is 6. The summed E-state index contributed by atoms with van der Waals surface area (Å²) >= 11 is 6.59. The molecule has 2 N–H and O–H groups in total. The molecule has 11 heteroatoms. The molecule has 0 aliphatic rings. The molecule has 0 saturated heterocycles. The van der Waals surface area contributed by atoms with Gasteiger partial charge in [0.1, 0.15) is 6.54 Å². The fourth-order valence-electron chi connectivity index (χ4n) is 3.61. The van der Waals surface area contributed by atoms with E-state index in [0.717, 1.165) is 28.0 Å². The second-order valence-electron chi connectivity index (χ2n) is 7.24. The first-order valence-corrected chi connectivity index (χ1v) is 11.4. The zero-order chi connectivity index (χ0) is 22.8. The summed E-state index contributed by atoms with van der Waals surface area (Å²) in [6, 6.07) is 7.50. The van der Waals surface area contributed by atoms with E-state index >= 15 is 0 Å². The number of para-hydroxylation sites is 2. The summed E-state index contributed by atoms with van der Waals surface area (Å²) in [6.45, 7) is 8.62. The summed E-state index contributed by atoms with van der Waals surface area (Å²) in [4.78, 5) is 31.0. The van der Waals surface area contributed by atoms with Gasteiger partial charge >= 0.3 is 5.69 Å². The molecule has 3 aromatic heterocycles. The highest BCUT2D eigenvalue weighted by atomic mass is 32.1. The van der Waals surface area contributed by atoms with Crippen molar-refractivity contribution < 1.29 is 4.79 Å². The minimum Gasteiger partial charge on any atom is -0.300 e. The van der Waals surface area contributed by atoms with Crippen molar-refractivity contribution in [1.82, 2.24) is 28.9 Å². The molecular weight excluding hydrogens is 446 g/mol. The number of amides is 1. The van der Waals surface area contributed by atoms with E-state index in [0.29, 0.717) is 28.8 Å². The average molecular weight is 470 g/mol. The number of fused-ring (bicyclic) bond motifs is 1. The van der Waals surface area contributed by atoms with Crippen LogP contribution < -0.4 is 11.0 Å². The lowest BCUT2D eigenvalue weighted by molar-refractivity contribution is -0.116. The van der Waals surface area contributed by atoms with E-state index < -0.39 is 0 Å². The van der Waals surface area contributed by atoms with Crippen LogP contribution in [0, 0.1) is 11.7 Å². The number of H-pyrrole nitrogens is 1. The first kappa shape index (κ1) is 21.9. The second kappa shape index (κ2) is 9.05. The number of aromatic amines is 1. The smallest absolute Gasteiger partial charge is 0.300 e. The van der Waals surface area contributed by atoms with Gasteiger partial charge in [0.05, 0.1) is 21.6 Å². The highest BCUT2D eigenvalue weighted by molar-refractivity contribution is 7.71. The Labute approximate surface area is 193 Å². The summed E-state index contributed by atoms with van der Waals surface area (Å²) in [5, 5.41) is 10.3. The average Bonchev–Trinajstić information content (AvgIpc) is 3.39. The molecule has 9 nitrogen and oxygen atoms in total. The molecule has 0 radical (unpaired) electrons. The third kappa shape index (κ3) is 3.96. The fourth-order valence-corrected chi connectivity index (χ4v) is 4.80. The first-order chi connectivity index (χ1) is 15.4. The van der Waals surface area contributed by atoms with Crippen molar-refractivity contribution in [1.29, 1.82) is 0 Å². The van der Waals surface area contributed by atoms with Crippen molar-refractivity contribution in [2.45, 2.75) is 39.9 Å². The SMILES string of the molecule is C=CCn1c(-c2sc(NC(=O)Cn3c(=O)n(CCC)c4ccccc43)nc2C)n[nH]c1=S. The lowest BCUT2D eigenvalue weighted by Crippen LogP contribution is -2.29. The van der Waals surface area contributed by atoms with Crippen LogP contribution in [0.5, 0.6) is 0 Å². The van der Waals surface area contributed by atoms with Crippen LogP contribution in [0.25, 0.3) is 21.7 Å². The number of carbonyl (C=O) groups excluding carboxylic acids is 1. The van der Waals surface area contributed by atoms with E-state index in [2.05, 4.69) is 27.1 Å². The number of hydrogen-bond donors (Lipinski definition) is 2. The summed E-state index contributed by atoms with van der Waals surface area (Å²) < 4.78 is 5.51. The Hall–Kier alpha value is -3.31. The van der Waals surface area contributed by atoms with Gasteiger partial charge in [-0.1, -0.05) is 36.5 Å². The molecule has 0 bridgehead atoms. The van der Waals surface area contributed by atoms with E-state index in [1.165, 1.54) is 15.9 Å². The van der Waals surface area contributed by atoms with Crippen molar-refractivity contribution in [2.75, 3.05) is 5.32 Å². The quantitative estimate of drug-likeness (QED) is 0.302. The van der Waals surface area contributed by atoms with E-state index in [1.54, 1.807) is 10.6 Å². The van der Waals surface area contributed by atoms with Crippen LogP contribution in [0.15, 0.2) is 41.7 Å². The second-order valence-corrected chi connectivity index (χ2v) is 8.63. The zero-order valence-corrected chi connectivity index (χ0v) is 19.4. The van der Waals surface area contributed by atoms with E-state index in [9.17, 15) is 9.59 Å². The molecule has 1 aromatic carbocycles. The van der Waals surface area contributed by atoms with Crippen molar-refractivity contribution >= 4 is 45.6 Å². The molecule has 4 aromatic rings. The maximum absolute atomic E-state index is 12.9. The lowest BCUT2D eigenvalue weighted by atomic mass is 10.3. The minimum atomic E-state index is -0.322. The Balaban J connectivity index is 1.60. The van der Waals surface area contributed by atoms with Crippen LogP contribution >= 0.6 is 23.6 Å². The summed E-state index contributed by atoms with van der Waals surface area (Å²) in [5.41, 5.74) is 2.09. The Morgan fingerprint density at radius 2 is 2.00 bits per heavy atom. The van der Waals surface area contributed by atoms with Gasteiger partial charge in [-0.25, -0.2) is 9.78 Å². The summed E-state index contributed by atoms with van der Waals surface area (Å²) in [6.07, 6.45) is 2.56. The standard InChI is InChI=1S/C21H23N7O2S2/c1-4-10-26-14-8-6-7-9-15(14)28(21(26)30)12-16(29)23-19-22-13(3)17(32-19)18-24-25-20(31)27(18)11-5-2/h5-9H,2,4,10-12H2,1,3H3,(H,25,31)(H,22,23,29). The van der Waals surface area contributed by atoms with Crippen LogP contribution in [-0.2, 0) is 24.4 Å². The molecule has 0 fully saturated rings. The number of hydrogen-bond acceptors (Lipinski definition) is 6. The monoisotopic (exact) mass is 469 g/mol. The predicted octanol–water partition coefficient (Wildman–Crippen LogP) is 3.72. The third-order valence-electron chi connectivity index (χ3n) is 4.99. The number of benzene rings is 1. The molecule has 0 aliphatic carbocycles. The molecular formula is C21H23N7O2S2. The normalized spacial score (nSPS) is 11.2. The van der Waals surface area contributed by atoms with Crippen LogP contribution in [0.4, 0.5) is 5.13 Å². The van der Waals surface area contributed by atoms with Crippen LogP contribution in [-0.4, -0.2) is 34.8 Å². The third-order valence-corrected chi connectivity index (χ3v) is 6.37. The molecule has 166 valence electrons. The highest BCUT2D eigenvalue weighted by Gasteiger charge is 2.19. The van der Waals surface area contributed by atoms with Crippen molar-refractivity contribution in [2.24, 2.45) is 0 Å². The number of aryl methyl sites for hydroxylation is 2. The lowest BCUT2D eigenvalue weighted by Gasteiger charge is -2.03. The molecule has 32 heavy (non-hydrogen) atoms. The van der Waals surface area contributed by atoms with E-state index in [4.69, 9.17) is 12.2 Å². The van der Waals surface area contributed by atoms with Gasteiger partial charge in [-0.2, -0.15) is 5.10 Å².